The summed E-state index contributed by atoms with van der Waals surface area (Å²) in [7, 11) is 0. The molecule has 0 aliphatic heterocycles. The number of rotatable bonds is 0. The maximum Gasteiger partial charge on any atom is 0.0656 e. The lowest BCUT2D eigenvalue weighted by Gasteiger charge is -2.13. The molecule has 1 rings (SSSR count). The highest BCUT2D eigenvalue weighted by Crippen LogP contribution is 2.25. The summed E-state index contributed by atoms with van der Waals surface area (Å²) in [5.74, 6) is 0.152. The average Bonchev–Trinajstić information content (AvgIpc) is 2.26. The van der Waals surface area contributed by atoms with Gasteiger partial charge in [-0.15, -0.1) is 23.2 Å². The van der Waals surface area contributed by atoms with Crippen molar-refractivity contribution in [2.75, 3.05) is 0 Å². The van der Waals surface area contributed by atoms with E-state index < -0.39 is 0 Å². The molecule has 1 fully saturated rings. The van der Waals surface area contributed by atoms with Crippen molar-refractivity contribution in [3.8, 4) is 6.07 Å². The van der Waals surface area contributed by atoms with Crippen LogP contribution in [-0.4, -0.2) is 10.8 Å². The van der Waals surface area contributed by atoms with Gasteiger partial charge in [0.25, 0.3) is 0 Å². The number of alkyl halides is 2. The second-order valence-corrected chi connectivity index (χ2v) is 5.71. The van der Waals surface area contributed by atoms with Crippen molar-refractivity contribution >= 4 is 23.2 Å². The van der Waals surface area contributed by atoms with E-state index in [4.69, 9.17) is 28.5 Å². The van der Waals surface area contributed by atoms with Crippen LogP contribution in [0.4, 0.5) is 0 Å². The Morgan fingerprint density at radius 3 is 2.27 bits per heavy atom. The molecule has 15 heavy (non-hydrogen) atoms. The summed E-state index contributed by atoms with van der Waals surface area (Å²) in [4.78, 5) is 0. The van der Waals surface area contributed by atoms with Gasteiger partial charge in [-0.05, 0) is 32.1 Å². The predicted octanol–water partition coefficient (Wildman–Crippen LogP) is 4.48. The number of nitriles is 1. The average molecular weight is 248 g/mol. The zero-order valence-electron chi connectivity index (χ0n) is 9.09. The van der Waals surface area contributed by atoms with Gasteiger partial charge in [0.2, 0.25) is 0 Å². The summed E-state index contributed by atoms with van der Waals surface area (Å²) in [6.45, 7) is 0. The molecule has 1 aliphatic carbocycles. The fourth-order valence-electron chi connectivity index (χ4n) is 2.10. The topological polar surface area (TPSA) is 23.8 Å². The van der Waals surface area contributed by atoms with Crippen molar-refractivity contribution < 1.29 is 0 Å². The highest BCUT2D eigenvalue weighted by atomic mass is 35.5. The van der Waals surface area contributed by atoms with Gasteiger partial charge in [-0.3, -0.25) is 0 Å². The molecule has 0 N–H and O–H groups in total. The first-order valence-corrected chi connectivity index (χ1v) is 6.77. The molecule has 0 aromatic carbocycles. The maximum absolute atomic E-state index is 8.98. The van der Waals surface area contributed by atoms with Crippen LogP contribution in [-0.2, 0) is 0 Å². The van der Waals surface area contributed by atoms with Gasteiger partial charge in [0.05, 0.1) is 6.07 Å². The molecule has 0 aromatic heterocycles. The standard InChI is InChI=1S/C12H19Cl2N/c13-11-5-3-1-2-4-10(9-15)8-12(14)7-6-11/h10-12H,1-8H2. The van der Waals surface area contributed by atoms with Crippen molar-refractivity contribution in [3.05, 3.63) is 0 Å². The molecule has 1 aliphatic rings. The monoisotopic (exact) mass is 247 g/mol. The van der Waals surface area contributed by atoms with E-state index in [1.165, 1.54) is 12.8 Å². The van der Waals surface area contributed by atoms with Crippen LogP contribution in [0.5, 0.6) is 0 Å². The zero-order chi connectivity index (χ0) is 11.1. The minimum absolute atomic E-state index is 0.133. The van der Waals surface area contributed by atoms with Crippen LogP contribution in [0.1, 0.15) is 51.4 Å². The Kier molecular flexibility index (Phi) is 6.45. The van der Waals surface area contributed by atoms with Crippen LogP contribution in [0.25, 0.3) is 0 Å². The van der Waals surface area contributed by atoms with Crippen LogP contribution in [0.15, 0.2) is 0 Å². The summed E-state index contributed by atoms with van der Waals surface area (Å²) in [5.41, 5.74) is 0. The SMILES string of the molecule is N#CC1CCCCCC(Cl)CCC(Cl)C1. The molecule has 3 atom stereocenters. The van der Waals surface area contributed by atoms with Crippen LogP contribution in [0.3, 0.4) is 0 Å². The molecular formula is C12H19Cl2N. The molecule has 0 amide bonds. The molecule has 3 heteroatoms. The number of halogens is 2. The molecule has 0 radical (unpaired) electrons. The van der Waals surface area contributed by atoms with E-state index in [0.717, 1.165) is 38.5 Å². The van der Waals surface area contributed by atoms with Gasteiger partial charge in [-0.25, -0.2) is 0 Å². The van der Waals surface area contributed by atoms with E-state index in [9.17, 15) is 0 Å². The second kappa shape index (κ2) is 7.36. The van der Waals surface area contributed by atoms with Crippen LogP contribution in [0.2, 0.25) is 0 Å². The van der Waals surface area contributed by atoms with Crippen molar-refractivity contribution in [2.24, 2.45) is 5.92 Å². The lowest BCUT2D eigenvalue weighted by molar-refractivity contribution is 0.501. The summed E-state index contributed by atoms with van der Waals surface area (Å²) in [5, 5.41) is 9.39. The van der Waals surface area contributed by atoms with E-state index in [2.05, 4.69) is 6.07 Å². The molecule has 0 heterocycles. The third-order valence-corrected chi connectivity index (χ3v) is 3.92. The first-order chi connectivity index (χ1) is 7.22. The van der Waals surface area contributed by atoms with Gasteiger partial charge in [-0.2, -0.15) is 5.26 Å². The van der Waals surface area contributed by atoms with Gasteiger partial charge in [0, 0.05) is 16.7 Å². The van der Waals surface area contributed by atoms with Gasteiger partial charge in [0.1, 0.15) is 0 Å². The normalized spacial score (nSPS) is 35.1. The van der Waals surface area contributed by atoms with E-state index in [0.29, 0.717) is 0 Å². The Balaban J connectivity index is 2.43. The Morgan fingerprint density at radius 2 is 1.53 bits per heavy atom. The largest absolute Gasteiger partial charge is 0.198 e. The molecule has 0 saturated heterocycles. The highest BCUT2D eigenvalue weighted by Gasteiger charge is 2.17. The van der Waals surface area contributed by atoms with Crippen LogP contribution < -0.4 is 0 Å². The first kappa shape index (κ1) is 13.1. The van der Waals surface area contributed by atoms with E-state index in [1.54, 1.807) is 0 Å². The Labute approximate surface area is 103 Å². The fourth-order valence-corrected chi connectivity index (χ4v) is 2.72. The quantitative estimate of drug-likeness (QED) is 0.580. The second-order valence-electron chi connectivity index (χ2n) is 4.47. The molecule has 3 unspecified atom stereocenters. The summed E-state index contributed by atoms with van der Waals surface area (Å²) in [6.07, 6.45) is 8.43. The smallest absolute Gasteiger partial charge is 0.0656 e. The lowest BCUT2D eigenvalue weighted by Crippen LogP contribution is -2.09. The summed E-state index contributed by atoms with van der Waals surface area (Å²) < 4.78 is 0. The van der Waals surface area contributed by atoms with Crippen molar-refractivity contribution in [2.45, 2.75) is 62.1 Å². The number of hydrogen-bond acceptors (Lipinski definition) is 1. The molecular weight excluding hydrogens is 229 g/mol. The maximum atomic E-state index is 8.98. The number of hydrogen-bond donors (Lipinski definition) is 0. The van der Waals surface area contributed by atoms with E-state index in [1.807, 2.05) is 0 Å². The Hall–Kier alpha value is 0.0700. The number of nitrogens with zero attached hydrogens (tertiary/aromatic N) is 1. The Bertz CT molecular complexity index is 212. The minimum atomic E-state index is 0.133. The van der Waals surface area contributed by atoms with Crippen molar-refractivity contribution in [3.63, 3.8) is 0 Å². The van der Waals surface area contributed by atoms with Gasteiger partial charge < -0.3 is 0 Å². The Morgan fingerprint density at radius 1 is 0.867 bits per heavy atom. The zero-order valence-corrected chi connectivity index (χ0v) is 10.6. The lowest BCUT2D eigenvalue weighted by atomic mass is 9.97. The van der Waals surface area contributed by atoms with Gasteiger partial charge in [0.15, 0.2) is 0 Å². The van der Waals surface area contributed by atoms with Crippen molar-refractivity contribution in [1.29, 1.82) is 5.26 Å². The molecule has 0 spiro atoms. The molecule has 1 nitrogen and oxygen atoms in total. The fraction of sp³-hybridized carbons (Fsp3) is 0.917. The van der Waals surface area contributed by atoms with Gasteiger partial charge in [-0.1, -0.05) is 19.3 Å². The third kappa shape index (κ3) is 5.64. The van der Waals surface area contributed by atoms with Crippen molar-refractivity contribution in [1.82, 2.24) is 0 Å². The molecule has 0 aromatic rings. The molecule has 86 valence electrons. The third-order valence-electron chi connectivity index (χ3n) is 3.09. The van der Waals surface area contributed by atoms with Gasteiger partial charge >= 0.3 is 0 Å². The van der Waals surface area contributed by atoms with Crippen LogP contribution in [0, 0.1) is 17.2 Å². The molecule has 0 bridgehead atoms. The van der Waals surface area contributed by atoms with Crippen LogP contribution >= 0.6 is 23.2 Å². The predicted molar refractivity (Wildman–Crippen MR) is 65.3 cm³/mol. The summed E-state index contributed by atoms with van der Waals surface area (Å²) >= 11 is 12.4. The highest BCUT2D eigenvalue weighted by molar-refractivity contribution is 6.21. The molecule has 1 saturated carbocycles. The minimum Gasteiger partial charge on any atom is -0.198 e. The first-order valence-electron chi connectivity index (χ1n) is 5.90. The summed E-state index contributed by atoms with van der Waals surface area (Å²) in [6, 6.07) is 2.36. The van der Waals surface area contributed by atoms with E-state index in [-0.39, 0.29) is 16.7 Å². The van der Waals surface area contributed by atoms with E-state index >= 15 is 0 Å².